The maximum atomic E-state index is 13.2. The highest BCUT2D eigenvalue weighted by Crippen LogP contribution is 2.33. The number of benzene rings is 3. The van der Waals surface area contributed by atoms with Gasteiger partial charge in [0.15, 0.2) is 0 Å². The molecule has 0 radical (unpaired) electrons. The number of carbonyl (C=O) groups excluding carboxylic acids is 3. The van der Waals surface area contributed by atoms with E-state index < -0.39 is 17.8 Å². The minimum Gasteiger partial charge on any atom is -0.489 e. The fraction of sp³-hybridized carbons (Fsp3) is 0.0357. The number of ether oxygens (including phenoxy) is 1. The van der Waals surface area contributed by atoms with Gasteiger partial charge in [0, 0.05) is 10.6 Å². The third-order valence-corrected chi connectivity index (χ3v) is 6.12. The van der Waals surface area contributed by atoms with Crippen molar-refractivity contribution in [2.75, 3.05) is 4.90 Å². The highest BCUT2D eigenvalue weighted by molar-refractivity contribution is 6.39. The quantitative estimate of drug-likeness (QED) is 0.226. The van der Waals surface area contributed by atoms with Crippen molar-refractivity contribution in [1.29, 1.82) is 0 Å². The van der Waals surface area contributed by atoms with E-state index in [1.165, 1.54) is 6.08 Å². The van der Waals surface area contributed by atoms with Crippen molar-refractivity contribution >= 4 is 52.8 Å². The molecule has 7 nitrogen and oxygen atoms in total. The van der Waals surface area contributed by atoms with Crippen LogP contribution >= 0.6 is 23.2 Å². The summed E-state index contributed by atoms with van der Waals surface area (Å²) >= 11 is 12.3. The van der Waals surface area contributed by atoms with E-state index in [1.54, 1.807) is 54.6 Å². The van der Waals surface area contributed by atoms with Gasteiger partial charge in [0.2, 0.25) is 0 Å². The van der Waals surface area contributed by atoms with Crippen LogP contribution in [-0.4, -0.2) is 17.8 Å². The number of imide groups is 2. The topological polar surface area (TPSA) is 88.9 Å². The molecule has 0 spiro atoms. The van der Waals surface area contributed by atoms with Gasteiger partial charge in [-0.1, -0.05) is 53.5 Å². The van der Waals surface area contributed by atoms with Crippen LogP contribution in [0.1, 0.15) is 11.3 Å². The van der Waals surface area contributed by atoms with E-state index in [-0.39, 0.29) is 17.0 Å². The number of furan rings is 1. The highest BCUT2D eigenvalue weighted by Gasteiger charge is 2.37. The third-order valence-electron chi connectivity index (χ3n) is 5.55. The number of hydrogen-bond acceptors (Lipinski definition) is 5. The Labute approximate surface area is 221 Å². The molecule has 3 aromatic carbocycles. The van der Waals surface area contributed by atoms with Crippen LogP contribution < -0.4 is 15.0 Å². The predicted octanol–water partition coefficient (Wildman–Crippen LogP) is 6.50. The summed E-state index contributed by atoms with van der Waals surface area (Å²) in [7, 11) is 0. The van der Waals surface area contributed by atoms with Crippen LogP contribution in [-0.2, 0) is 16.2 Å². The van der Waals surface area contributed by atoms with E-state index >= 15 is 0 Å². The number of halogens is 2. The van der Waals surface area contributed by atoms with E-state index in [2.05, 4.69) is 5.32 Å². The van der Waals surface area contributed by atoms with Crippen LogP contribution in [0.25, 0.3) is 17.4 Å². The largest absolute Gasteiger partial charge is 0.489 e. The first-order valence-electron chi connectivity index (χ1n) is 11.1. The normalized spacial score (nSPS) is 14.7. The maximum Gasteiger partial charge on any atom is 0.335 e. The van der Waals surface area contributed by atoms with E-state index in [0.29, 0.717) is 33.7 Å². The number of rotatable bonds is 6. The van der Waals surface area contributed by atoms with E-state index in [4.69, 9.17) is 32.4 Å². The van der Waals surface area contributed by atoms with E-state index in [0.717, 1.165) is 10.5 Å². The Kier molecular flexibility index (Phi) is 6.81. The number of nitrogens with one attached hydrogen (secondary N) is 1. The molecule has 1 aliphatic heterocycles. The minimum atomic E-state index is -0.851. The van der Waals surface area contributed by atoms with Crippen LogP contribution in [0.5, 0.6) is 5.75 Å². The van der Waals surface area contributed by atoms with Gasteiger partial charge in [-0.05, 0) is 66.2 Å². The number of barbiturate groups is 1. The molecule has 1 aliphatic rings. The Morgan fingerprint density at radius 1 is 0.892 bits per heavy atom. The number of urea groups is 1. The number of anilines is 1. The van der Waals surface area contributed by atoms with Crippen molar-refractivity contribution in [2.45, 2.75) is 6.61 Å². The lowest BCUT2D eigenvalue weighted by Crippen LogP contribution is -2.54. The van der Waals surface area contributed by atoms with Gasteiger partial charge in [0.25, 0.3) is 11.8 Å². The molecule has 0 bridgehead atoms. The minimum absolute atomic E-state index is 0.225. The van der Waals surface area contributed by atoms with Crippen LogP contribution in [0.15, 0.2) is 94.9 Å². The zero-order valence-electron chi connectivity index (χ0n) is 19.1. The molecule has 2 heterocycles. The zero-order chi connectivity index (χ0) is 25.9. The van der Waals surface area contributed by atoms with Crippen LogP contribution in [0.4, 0.5) is 10.5 Å². The molecule has 37 heavy (non-hydrogen) atoms. The van der Waals surface area contributed by atoms with Gasteiger partial charge >= 0.3 is 6.03 Å². The average molecular weight is 533 g/mol. The molecule has 1 N–H and O–H groups in total. The molecule has 184 valence electrons. The van der Waals surface area contributed by atoms with Crippen molar-refractivity contribution in [3.05, 3.63) is 112 Å². The maximum absolute atomic E-state index is 13.2. The second-order valence-corrected chi connectivity index (χ2v) is 8.90. The molecule has 0 unspecified atom stereocenters. The number of hydrogen-bond donors (Lipinski definition) is 1. The standard InChI is InChI=1S/C28H18Cl2N2O5/c29-18-6-12-24(30)22(14-18)25-13-11-21(37-25)15-23-26(33)31-28(35)32(27(23)34)19-7-9-20(10-8-19)36-16-17-4-2-1-3-5-17/h1-15H,16H2,(H,31,33,35)/b23-15-. The van der Waals surface area contributed by atoms with Gasteiger partial charge in [-0.3, -0.25) is 14.9 Å². The zero-order valence-corrected chi connectivity index (χ0v) is 20.6. The first-order chi connectivity index (χ1) is 17.9. The molecule has 5 rings (SSSR count). The molecule has 0 atom stereocenters. The Morgan fingerprint density at radius 3 is 2.41 bits per heavy atom. The molecule has 1 aromatic heterocycles. The third kappa shape index (κ3) is 5.28. The highest BCUT2D eigenvalue weighted by atomic mass is 35.5. The van der Waals surface area contributed by atoms with Gasteiger partial charge in [-0.15, -0.1) is 0 Å². The van der Waals surface area contributed by atoms with Crippen LogP contribution in [0.3, 0.4) is 0 Å². The van der Waals surface area contributed by atoms with Gasteiger partial charge < -0.3 is 9.15 Å². The molecular weight excluding hydrogens is 515 g/mol. The first kappa shape index (κ1) is 24.4. The Morgan fingerprint density at radius 2 is 1.65 bits per heavy atom. The molecular formula is C28H18Cl2N2O5. The fourth-order valence-electron chi connectivity index (χ4n) is 3.73. The summed E-state index contributed by atoms with van der Waals surface area (Å²) in [4.78, 5) is 39.1. The van der Waals surface area contributed by atoms with Gasteiger partial charge in [-0.25, -0.2) is 9.69 Å². The Balaban J connectivity index is 1.36. The lowest BCUT2D eigenvalue weighted by Gasteiger charge is -2.26. The van der Waals surface area contributed by atoms with Crippen molar-refractivity contribution in [3.8, 4) is 17.1 Å². The van der Waals surface area contributed by atoms with Crippen LogP contribution in [0.2, 0.25) is 10.0 Å². The SMILES string of the molecule is O=C1NC(=O)N(c2ccc(OCc3ccccc3)cc2)C(=O)/C1=C\c1ccc(-c2cc(Cl)ccc2Cl)o1. The first-order valence-corrected chi connectivity index (χ1v) is 11.9. The molecule has 1 fully saturated rings. The summed E-state index contributed by atoms with van der Waals surface area (Å²) in [5.41, 5.74) is 1.58. The monoisotopic (exact) mass is 532 g/mol. The Hall–Kier alpha value is -4.33. The fourth-order valence-corrected chi connectivity index (χ4v) is 4.11. The average Bonchev–Trinajstić information content (AvgIpc) is 3.36. The molecule has 1 saturated heterocycles. The second-order valence-electron chi connectivity index (χ2n) is 8.05. The van der Waals surface area contributed by atoms with Gasteiger partial charge in [0.05, 0.1) is 10.7 Å². The van der Waals surface area contributed by atoms with Crippen molar-refractivity contribution in [3.63, 3.8) is 0 Å². The van der Waals surface area contributed by atoms with Gasteiger partial charge in [-0.2, -0.15) is 0 Å². The second kappa shape index (κ2) is 10.3. The van der Waals surface area contributed by atoms with Crippen molar-refractivity contribution in [1.82, 2.24) is 5.32 Å². The number of nitrogens with zero attached hydrogens (tertiary/aromatic N) is 1. The molecule has 4 amide bonds. The summed E-state index contributed by atoms with van der Waals surface area (Å²) in [6.07, 6.45) is 1.27. The smallest absolute Gasteiger partial charge is 0.335 e. The number of amides is 4. The van der Waals surface area contributed by atoms with Crippen molar-refractivity contribution in [2.24, 2.45) is 0 Å². The lowest BCUT2D eigenvalue weighted by molar-refractivity contribution is -0.122. The summed E-state index contributed by atoms with van der Waals surface area (Å²) in [6.45, 7) is 0.371. The molecule has 0 saturated carbocycles. The molecule has 4 aromatic rings. The van der Waals surface area contributed by atoms with E-state index in [1.807, 2.05) is 30.3 Å². The predicted molar refractivity (Wildman–Crippen MR) is 140 cm³/mol. The van der Waals surface area contributed by atoms with Crippen molar-refractivity contribution < 1.29 is 23.5 Å². The summed E-state index contributed by atoms with van der Waals surface area (Å²) in [5.74, 6) is -0.420. The van der Waals surface area contributed by atoms with Crippen LogP contribution in [0, 0.1) is 0 Å². The summed E-state index contributed by atoms with van der Waals surface area (Å²) in [5, 5.41) is 3.10. The lowest BCUT2D eigenvalue weighted by atomic mass is 10.1. The molecule has 9 heteroatoms. The summed E-state index contributed by atoms with van der Waals surface area (Å²) in [6, 6.07) is 23.4. The van der Waals surface area contributed by atoms with E-state index in [9.17, 15) is 14.4 Å². The van der Waals surface area contributed by atoms with Gasteiger partial charge in [0.1, 0.15) is 29.4 Å². The summed E-state index contributed by atoms with van der Waals surface area (Å²) < 4.78 is 11.5. The Bertz CT molecular complexity index is 1530. The number of carbonyl (C=O) groups is 3. The molecule has 0 aliphatic carbocycles.